The summed E-state index contributed by atoms with van der Waals surface area (Å²) in [4.78, 5) is 83.6. The van der Waals surface area contributed by atoms with Crippen LogP contribution in [0.4, 0.5) is 4.39 Å². The van der Waals surface area contributed by atoms with E-state index in [2.05, 4.69) is 48.1 Å². The summed E-state index contributed by atoms with van der Waals surface area (Å²) >= 11 is 0. The molecule has 0 aliphatic carbocycles. The van der Waals surface area contributed by atoms with Crippen LogP contribution in [0.15, 0.2) is 94.8 Å². The van der Waals surface area contributed by atoms with Crippen molar-refractivity contribution in [1.82, 2.24) is 37.4 Å². The van der Waals surface area contributed by atoms with Crippen LogP contribution in [0.3, 0.4) is 0 Å². The number of rotatable bonds is 15. The van der Waals surface area contributed by atoms with E-state index >= 15 is 0 Å². The molecule has 9 rings (SSSR count). The number of aryl methyl sites for hydroxylation is 6. The van der Waals surface area contributed by atoms with Gasteiger partial charge in [0.05, 0.1) is 49.0 Å². The van der Waals surface area contributed by atoms with Gasteiger partial charge in [-0.25, -0.2) is 23.9 Å². The fourth-order valence-corrected chi connectivity index (χ4v) is 10.2. The zero-order chi connectivity index (χ0) is 52.0. The van der Waals surface area contributed by atoms with E-state index in [4.69, 9.17) is 11.5 Å². The topological polar surface area (TPSA) is 250 Å². The molecule has 2 atom stereocenters. The van der Waals surface area contributed by atoms with Crippen LogP contribution in [0.1, 0.15) is 105 Å². The van der Waals surface area contributed by atoms with Crippen molar-refractivity contribution in [3.05, 3.63) is 162 Å². The molecular weight excluding hydrogens is 924 g/mol. The van der Waals surface area contributed by atoms with Gasteiger partial charge >= 0.3 is 23.3 Å². The van der Waals surface area contributed by atoms with Gasteiger partial charge in [0.25, 0.3) is 11.8 Å². The maximum Gasteiger partial charge on any atom is 0.331 e. The Bertz CT molecular complexity index is 3780. The quantitative estimate of drug-likeness (QED) is 0.0825. The second-order valence-corrected chi connectivity index (χ2v) is 18.5. The minimum Gasteiger partial charge on any atom is -0.481 e. The first-order valence-corrected chi connectivity index (χ1v) is 23.3. The van der Waals surface area contributed by atoms with Gasteiger partial charge in [-0.05, 0) is 122 Å². The van der Waals surface area contributed by atoms with Crippen molar-refractivity contribution in [3.63, 3.8) is 0 Å². The molecule has 372 valence electrons. The molecule has 0 aliphatic rings. The Hall–Kier alpha value is -8.61. The van der Waals surface area contributed by atoms with Crippen molar-refractivity contribution in [2.75, 3.05) is 0 Å². The van der Waals surface area contributed by atoms with E-state index in [-0.39, 0.29) is 47.9 Å². The van der Waals surface area contributed by atoms with E-state index in [1.54, 1.807) is 16.7 Å². The second kappa shape index (κ2) is 19.6. The molecule has 2 amide bonds. The van der Waals surface area contributed by atoms with Crippen molar-refractivity contribution in [3.8, 4) is 0 Å². The van der Waals surface area contributed by atoms with Gasteiger partial charge < -0.3 is 30.8 Å². The summed E-state index contributed by atoms with van der Waals surface area (Å²) in [6.45, 7) is 10.5. The summed E-state index contributed by atoms with van der Waals surface area (Å²) < 4.78 is 23.5. The van der Waals surface area contributed by atoms with Gasteiger partial charge in [0, 0.05) is 48.3 Å². The lowest BCUT2D eigenvalue weighted by Crippen LogP contribution is -2.30. The molecule has 0 saturated carbocycles. The van der Waals surface area contributed by atoms with E-state index in [9.17, 15) is 43.4 Å². The van der Waals surface area contributed by atoms with Crippen LogP contribution in [0.25, 0.3) is 44.1 Å². The van der Waals surface area contributed by atoms with Gasteiger partial charge in [-0.3, -0.25) is 37.4 Å². The third-order valence-corrected chi connectivity index (χ3v) is 13.1. The number of aromatic nitrogens is 8. The number of hydrogen-bond donors (Lipinski definition) is 4. The van der Waals surface area contributed by atoms with E-state index in [1.165, 1.54) is 50.1 Å². The summed E-state index contributed by atoms with van der Waals surface area (Å²) in [5.74, 6) is -4.14. The Morgan fingerprint density at radius 1 is 0.625 bits per heavy atom. The van der Waals surface area contributed by atoms with E-state index < -0.39 is 53.8 Å². The number of hydrogen-bond acceptors (Lipinski definition) is 8. The van der Waals surface area contributed by atoms with Gasteiger partial charge in [-0.15, -0.1) is 0 Å². The minimum absolute atomic E-state index is 0.0282. The van der Waals surface area contributed by atoms with Gasteiger partial charge in [-0.2, -0.15) is 0 Å². The normalized spacial score (nSPS) is 12.4. The zero-order valence-electron chi connectivity index (χ0n) is 40.9. The first kappa shape index (κ1) is 49.8. The van der Waals surface area contributed by atoms with Crippen LogP contribution < -0.4 is 22.8 Å². The molecular formula is C53H55FN10O8. The Labute approximate surface area is 411 Å². The van der Waals surface area contributed by atoms with E-state index in [0.717, 1.165) is 55.2 Å². The fourth-order valence-electron chi connectivity index (χ4n) is 10.2. The van der Waals surface area contributed by atoms with Crippen molar-refractivity contribution in [1.29, 1.82) is 0 Å². The maximum absolute atomic E-state index is 14.0. The van der Waals surface area contributed by atoms with Crippen molar-refractivity contribution in [2.45, 2.75) is 85.5 Å². The molecule has 0 radical (unpaired) electrons. The molecule has 9 aromatic rings. The molecule has 3 aromatic carbocycles. The second-order valence-electron chi connectivity index (χ2n) is 18.5. The molecule has 0 saturated heterocycles. The Balaban J connectivity index is 0.000000194. The average molecular weight is 979 g/mol. The van der Waals surface area contributed by atoms with Gasteiger partial charge in [0.15, 0.2) is 11.3 Å². The standard InChI is InChI=1S/C28H26FN5O4.C25H29N5O4/c1-15-10-16(2)25-18(13-32(3)23(25)11-15)14-33-21-9-8-20(26(30)37)31-27(21)34(28(33)38)22(12-24(35)36)17-4-6-19(29)7-5-17;1-5-6-17(11-21(31)32)30-24-19(8-7-18(27-24)23(26)33)29(25(30)34)13-16-12-28(4)20-10-14(2)9-15(3)22(16)20/h4-11,13,22H,12,14H2,1-3H3,(H2,30,37)(H,35,36);7-10,12,17H,5-6,11,13H2,1-4H3,(H2,26,33)(H,31,32)/t22-;/m1./s1. The molecule has 19 heteroatoms. The molecule has 6 aromatic heterocycles. The summed E-state index contributed by atoms with van der Waals surface area (Å²) in [7, 11) is 3.91. The maximum atomic E-state index is 14.0. The summed E-state index contributed by atoms with van der Waals surface area (Å²) in [5, 5.41) is 21.3. The number of nitrogens with two attached hydrogens (primary N) is 2. The summed E-state index contributed by atoms with van der Waals surface area (Å²) in [5.41, 5.74) is 20.2. The number of nitrogens with zero attached hydrogens (tertiary/aromatic N) is 8. The molecule has 72 heavy (non-hydrogen) atoms. The first-order valence-electron chi connectivity index (χ1n) is 23.3. The van der Waals surface area contributed by atoms with Crippen molar-refractivity contribution < 1.29 is 33.8 Å². The zero-order valence-corrected chi connectivity index (χ0v) is 40.9. The molecule has 0 spiro atoms. The van der Waals surface area contributed by atoms with Gasteiger partial charge in [-0.1, -0.05) is 37.6 Å². The number of pyridine rings is 2. The van der Waals surface area contributed by atoms with E-state index in [1.807, 2.05) is 56.4 Å². The average Bonchev–Trinajstić information content (AvgIpc) is 3.98. The van der Waals surface area contributed by atoms with Gasteiger partial charge in [0.2, 0.25) is 0 Å². The smallest absolute Gasteiger partial charge is 0.331 e. The number of carbonyl (C=O) groups is 4. The highest BCUT2D eigenvalue weighted by atomic mass is 19.1. The van der Waals surface area contributed by atoms with Crippen molar-refractivity contribution >= 4 is 67.9 Å². The number of benzene rings is 3. The minimum atomic E-state index is -1.15. The number of primary amides is 2. The summed E-state index contributed by atoms with van der Waals surface area (Å²) in [6, 6.07) is 18.3. The fraction of sp³-hybridized carbons (Fsp3) is 0.283. The number of carboxylic acid groups (broad SMARTS) is 2. The van der Waals surface area contributed by atoms with Crippen LogP contribution in [0.5, 0.6) is 0 Å². The highest BCUT2D eigenvalue weighted by molar-refractivity contribution is 5.94. The van der Waals surface area contributed by atoms with Crippen molar-refractivity contribution in [2.24, 2.45) is 25.6 Å². The predicted octanol–water partition coefficient (Wildman–Crippen LogP) is 6.93. The van der Waals surface area contributed by atoms with Gasteiger partial charge in [0.1, 0.15) is 17.2 Å². The number of amides is 2. The van der Waals surface area contributed by atoms with Crippen LogP contribution in [-0.4, -0.2) is 71.3 Å². The van der Waals surface area contributed by atoms with Crippen LogP contribution in [0.2, 0.25) is 0 Å². The molecule has 0 fully saturated rings. The third-order valence-electron chi connectivity index (χ3n) is 13.1. The molecule has 0 aliphatic heterocycles. The highest BCUT2D eigenvalue weighted by Crippen LogP contribution is 2.31. The number of carbonyl (C=O) groups excluding carboxylic acids is 2. The van der Waals surface area contributed by atoms with Crippen LogP contribution in [-0.2, 0) is 36.8 Å². The monoisotopic (exact) mass is 978 g/mol. The SMILES string of the molecule is CCCC(CC(=O)O)n1c(=O)n(Cc2cn(C)c3cc(C)cc(C)c23)c2ccc(C(N)=O)nc21.Cc1cc(C)c2c(Cn3c(=O)n([C@H](CC(=O)O)c4ccc(F)cc4)c4nc(C(N)=O)ccc43)cn(C)c2c1. The van der Waals surface area contributed by atoms with E-state index in [0.29, 0.717) is 29.4 Å². The number of fused-ring (bicyclic) bond motifs is 4. The van der Waals surface area contributed by atoms with Crippen LogP contribution >= 0.6 is 0 Å². The number of halogens is 1. The molecule has 6 N–H and O–H groups in total. The highest BCUT2D eigenvalue weighted by Gasteiger charge is 2.28. The lowest BCUT2D eigenvalue weighted by Gasteiger charge is -2.17. The molecule has 0 bridgehead atoms. The number of carboxylic acids is 2. The predicted molar refractivity (Wildman–Crippen MR) is 271 cm³/mol. The third kappa shape index (κ3) is 9.39. The largest absolute Gasteiger partial charge is 0.481 e. The number of aliphatic carboxylic acids is 2. The molecule has 18 nitrogen and oxygen atoms in total. The Kier molecular flexibility index (Phi) is 13.6. The summed E-state index contributed by atoms with van der Waals surface area (Å²) in [6.07, 6.45) is 4.47. The molecule has 1 unspecified atom stereocenters. The number of imidazole rings is 2. The Morgan fingerprint density at radius 3 is 1.50 bits per heavy atom. The molecule has 6 heterocycles. The lowest BCUT2D eigenvalue weighted by atomic mass is 10.0. The Morgan fingerprint density at radius 2 is 1.07 bits per heavy atom. The van der Waals surface area contributed by atoms with Crippen LogP contribution in [0, 0.1) is 33.5 Å². The first-order chi connectivity index (χ1) is 34.2. The lowest BCUT2D eigenvalue weighted by molar-refractivity contribution is -0.138.